The summed E-state index contributed by atoms with van der Waals surface area (Å²) in [7, 11) is 0. The quantitative estimate of drug-likeness (QED) is 0.126. The van der Waals surface area contributed by atoms with Crippen molar-refractivity contribution in [2.24, 2.45) is 0 Å². The number of ketones is 4. The second kappa shape index (κ2) is 15.4. The molecule has 7 aromatic carbocycles. The Bertz CT molecular complexity index is 2470. The predicted molar refractivity (Wildman–Crippen MR) is 216 cm³/mol. The zero-order valence-corrected chi connectivity index (χ0v) is 30.4. The molecule has 0 aliphatic rings. The third-order valence-electron chi connectivity index (χ3n) is 9.80. The van der Waals surface area contributed by atoms with Crippen LogP contribution in [0.1, 0.15) is 94.6 Å². The van der Waals surface area contributed by atoms with Crippen LogP contribution in [0.5, 0.6) is 0 Å². The molecule has 0 aromatic heterocycles. The standard InChI is InChI=1S/C50H38O4/c1-32(2)34-11-21-40(22-12-34)48(52)42-25-15-36(16-26-42)38-19-29-44(30-20-38)50(54)46-6-4-5-45(31-46)49(53)43-27-17-37(18-28-43)35-13-23-41(24-14-35)47(51)39-9-7-33(3)8-10-39/h4-32H,1-3H3. The van der Waals surface area contributed by atoms with E-state index < -0.39 is 0 Å². The first-order valence-electron chi connectivity index (χ1n) is 18.0. The van der Waals surface area contributed by atoms with Crippen LogP contribution in [0, 0.1) is 6.92 Å². The lowest BCUT2D eigenvalue weighted by molar-refractivity contribution is 0.102. The van der Waals surface area contributed by atoms with Crippen molar-refractivity contribution < 1.29 is 19.2 Å². The van der Waals surface area contributed by atoms with Crippen LogP contribution in [0.4, 0.5) is 0 Å². The summed E-state index contributed by atoms with van der Waals surface area (Å²) >= 11 is 0. The molecule has 4 nitrogen and oxygen atoms in total. The van der Waals surface area contributed by atoms with Crippen LogP contribution in [0.25, 0.3) is 22.3 Å². The highest BCUT2D eigenvalue weighted by atomic mass is 16.1. The van der Waals surface area contributed by atoms with Crippen LogP contribution >= 0.6 is 0 Å². The van der Waals surface area contributed by atoms with Gasteiger partial charge in [-0.15, -0.1) is 0 Å². The number of rotatable bonds is 11. The largest absolute Gasteiger partial charge is 0.289 e. The first kappa shape index (κ1) is 35.6. The van der Waals surface area contributed by atoms with Gasteiger partial charge >= 0.3 is 0 Å². The molecule has 7 rings (SSSR count). The fraction of sp³-hybridized carbons (Fsp3) is 0.0800. The zero-order chi connectivity index (χ0) is 37.8. The molecular formula is C50H38O4. The molecule has 0 atom stereocenters. The van der Waals surface area contributed by atoms with Crippen molar-refractivity contribution in [2.75, 3.05) is 0 Å². The monoisotopic (exact) mass is 702 g/mol. The van der Waals surface area contributed by atoms with E-state index in [1.807, 2.05) is 128 Å². The van der Waals surface area contributed by atoms with E-state index in [1.54, 1.807) is 48.5 Å². The molecule has 0 radical (unpaired) electrons. The Morgan fingerprint density at radius 2 is 0.593 bits per heavy atom. The maximum atomic E-state index is 13.5. The van der Waals surface area contributed by atoms with E-state index in [2.05, 4.69) is 13.8 Å². The lowest BCUT2D eigenvalue weighted by atomic mass is 9.94. The Hall–Kier alpha value is -6.78. The van der Waals surface area contributed by atoms with Gasteiger partial charge in [0.05, 0.1) is 0 Å². The highest BCUT2D eigenvalue weighted by Gasteiger charge is 2.16. The fourth-order valence-corrected chi connectivity index (χ4v) is 6.45. The van der Waals surface area contributed by atoms with Gasteiger partial charge in [-0.25, -0.2) is 0 Å². The minimum atomic E-state index is -0.180. The molecule has 54 heavy (non-hydrogen) atoms. The second-order valence-corrected chi connectivity index (χ2v) is 13.8. The average molecular weight is 703 g/mol. The molecule has 0 heterocycles. The minimum absolute atomic E-state index is 0.0224. The Labute approximate surface area is 315 Å². The molecule has 0 fully saturated rings. The molecule has 0 N–H and O–H groups in total. The van der Waals surface area contributed by atoms with Gasteiger partial charge < -0.3 is 0 Å². The summed E-state index contributed by atoms with van der Waals surface area (Å²) in [6.45, 7) is 6.24. The van der Waals surface area contributed by atoms with Crippen LogP contribution in [0.2, 0.25) is 0 Å². The van der Waals surface area contributed by atoms with E-state index in [4.69, 9.17) is 0 Å². The van der Waals surface area contributed by atoms with E-state index in [1.165, 1.54) is 5.56 Å². The molecule has 0 bridgehead atoms. The number of hydrogen-bond acceptors (Lipinski definition) is 4. The summed E-state index contributed by atoms with van der Waals surface area (Å²) in [5.74, 6) is -0.00587. The highest BCUT2D eigenvalue weighted by molar-refractivity contribution is 6.13. The summed E-state index contributed by atoms with van der Waals surface area (Å²) in [6, 6.07) is 51.7. The highest BCUT2D eigenvalue weighted by Crippen LogP contribution is 2.26. The van der Waals surface area contributed by atoms with Gasteiger partial charge in [0.1, 0.15) is 0 Å². The first-order chi connectivity index (χ1) is 26.1. The second-order valence-electron chi connectivity index (χ2n) is 13.8. The fourth-order valence-electron chi connectivity index (χ4n) is 6.45. The Kier molecular flexibility index (Phi) is 10.2. The maximum Gasteiger partial charge on any atom is 0.193 e. The van der Waals surface area contributed by atoms with Crippen molar-refractivity contribution in [3.63, 3.8) is 0 Å². The van der Waals surface area contributed by atoms with Gasteiger partial charge in [-0.05, 0) is 46.7 Å². The number of carbonyl (C=O) groups excluding carboxylic acids is 4. The van der Waals surface area contributed by atoms with Crippen LogP contribution in [-0.4, -0.2) is 23.1 Å². The summed E-state index contributed by atoms with van der Waals surface area (Å²) < 4.78 is 0. The average Bonchev–Trinajstić information content (AvgIpc) is 3.23. The van der Waals surface area contributed by atoms with Gasteiger partial charge in [0.15, 0.2) is 23.1 Å². The van der Waals surface area contributed by atoms with Crippen molar-refractivity contribution in [3.8, 4) is 22.3 Å². The summed E-state index contributed by atoms with van der Waals surface area (Å²) in [6.07, 6.45) is 0. The van der Waals surface area contributed by atoms with E-state index in [0.29, 0.717) is 50.4 Å². The Balaban J connectivity index is 0.997. The molecule has 0 aliphatic carbocycles. The topological polar surface area (TPSA) is 68.3 Å². The van der Waals surface area contributed by atoms with Crippen LogP contribution in [0.3, 0.4) is 0 Å². The molecule has 7 aromatic rings. The van der Waals surface area contributed by atoms with Gasteiger partial charge in [-0.1, -0.05) is 183 Å². The Morgan fingerprint density at radius 3 is 0.889 bits per heavy atom. The number of hydrogen-bond donors (Lipinski definition) is 0. The minimum Gasteiger partial charge on any atom is -0.289 e. The lowest BCUT2D eigenvalue weighted by Crippen LogP contribution is -2.06. The van der Waals surface area contributed by atoms with Gasteiger partial charge in [-0.3, -0.25) is 19.2 Å². The number of carbonyl (C=O) groups is 4. The van der Waals surface area contributed by atoms with Gasteiger partial charge in [0.2, 0.25) is 0 Å². The van der Waals surface area contributed by atoms with Crippen molar-refractivity contribution in [1.29, 1.82) is 0 Å². The summed E-state index contributed by atoms with van der Waals surface area (Å²) in [5, 5.41) is 0. The van der Waals surface area contributed by atoms with Crippen LogP contribution < -0.4 is 0 Å². The van der Waals surface area contributed by atoms with E-state index in [-0.39, 0.29) is 23.1 Å². The van der Waals surface area contributed by atoms with E-state index >= 15 is 0 Å². The number of aryl methyl sites for hydroxylation is 1. The molecule has 0 aliphatic heterocycles. The molecule has 262 valence electrons. The molecule has 0 amide bonds. The van der Waals surface area contributed by atoms with Crippen molar-refractivity contribution in [3.05, 3.63) is 225 Å². The third kappa shape index (κ3) is 7.69. The van der Waals surface area contributed by atoms with E-state index in [9.17, 15) is 19.2 Å². The lowest BCUT2D eigenvalue weighted by Gasteiger charge is -2.09. The first-order valence-corrected chi connectivity index (χ1v) is 18.0. The molecule has 0 saturated heterocycles. The summed E-state index contributed by atoms with van der Waals surface area (Å²) in [5.41, 5.74) is 10.4. The number of benzene rings is 7. The molecule has 0 spiro atoms. The molecule has 0 saturated carbocycles. The van der Waals surface area contributed by atoms with Crippen LogP contribution in [-0.2, 0) is 0 Å². The summed E-state index contributed by atoms with van der Waals surface area (Å²) in [4.78, 5) is 52.9. The SMILES string of the molecule is Cc1ccc(C(=O)c2ccc(-c3ccc(C(=O)c4cccc(C(=O)c5ccc(-c6ccc(C(=O)c7ccc(C(C)C)cc7)cc6)cc5)c4)cc3)cc2)cc1. The predicted octanol–water partition coefficient (Wildman–Crippen LogP) is 11.4. The normalized spacial score (nSPS) is 11.0. The van der Waals surface area contributed by atoms with Gasteiger partial charge in [0, 0.05) is 44.5 Å². The molecule has 0 unspecified atom stereocenters. The van der Waals surface area contributed by atoms with Crippen molar-refractivity contribution >= 4 is 23.1 Å². The molecule has 4 heteroatoms. The molecular weight excluding hydrogens is 665 g/mol. The Morgan fingerprint density at radius 1 is 0.333 bits per heavy atom. The van der Waals surface area contributed by atoms with Gasteiger partial charge in [0.25, 0.3) is 0 Å². The maximum absolute atomic E-state index is 13.5. The zero-order valence-electron chi connectivity index (χ0n) is 30.4. The third-order valence-corrected chi connectivity index (χ3v) is 9.80. The van der Waals surface area contributed by atoms with Crippen molar-refractivity contribution in [2.45, 2.75) is 26.7 Å². The van der Waals surface area contributed by atoms with E-state index in [0.717, 1.165) is 27.8 Å². The van der Waals surface area contributed by atoms with Crippen molar-refractivity contribution in [1.82, 2.24) is 0 Å². The van der Waals surface area contributed by atoms with Gasteiger partial charge in [-0.2, -0.15) is 0 Å². The van der Waals surface area contributed by atoms with Crippen LogP contribution in [0.15, 0.2) is 170 Å². The smallest absolute Gasteiger partial charge is 0.193 e.